The first-order chi connectivity index (χ1) is 16.5. The van der Waals surface area contributed by atoms with Crippen LogP contribution in [0.25, 0.3) is 16.8 Å². The number of nitro groups is 1. The summed E-state index contributed by atoms with van der Waals surface area (Å²) in [7, 11) is 0. The van der Waals surface area contributed by atoms with Crippen molar-refractivity contribution in [3.8, 4) is 5.75 Å². The van der Waals surface area contributed by atoms with Crippen LogP contribution in [0.5, 0.6) is 5.75 Å². The van der Waals surface area contributed by atoms with Gasteiger partial charge >= 0.3 is 5.97 Å². The van der Waals surface area contributed by atoms with Gasteiger partial charge < -0.3 is 9.47 Å². The number of rotatable bonds is 6. The van der Waals surface area contributed by atoms with Gasteiger partial charge in [0, 0.05) is 17.7 Å². The molecule has 1 heterocycles. The lowest BCUT2D eigenvalue weighted by molar-refractivity contribution is -0.384. The second-order valence-corrected chi connectivity index (χ2v) is 7.68. The van der Waals surface area contributed by atoms with Crippen molar-refractivity contribution in [3.63, 3.8) is 0 Å². The van der Waals surface area contributed by atoms with Gasteiger partial charge in [-0.2, -0.15) is 0 Å². The fraction of sp³-hybridized carbons (Fsp3) is 0.0370. The van der Waals surface area contributed by atoms with Gasteiger partial charge in [0.1, 0.15) is 12.4 Å². The van der Waals surface area contributed by atoms with Crippen LogP contribution in [0.2, 0.25) is 0 Å². The highest BCUT2D eigenvalue weighted by atomic mass is 16.6. The monoisotopic (exact) mass is 450 g/mol. The minimum Gasteiger partial charge on any atom is -0.489 e. The summed E-state index contributed by atoms with van der Waals surface area (Å²) in [5.74, 6) is 0.418. The first-order valence-corrected chi connectivity index (χ1v) is 10.5. The molecule has 0 amide bonds. The van der Waals surface area contributed by atoms with Crippen molar-refractivity contribution in [2.75, 3.05) is 0 Å². The van der Waals surface area contributed by atoms with E-state index in [0.717, 1.165) is 27.5 Å². The SMILES string of the molecule is O=C1OC(c2ccc3ccccc3c2)=N/C1=C\c1ccc(OCc2ccc([N+](=O)[O-])cc2)cc1. The number of nitrogens with zero attached hydrogens (tertiary/aromatic N) is 2. The molecule has 0 bridgehead atoms. The minimum atomic E-state index is -0.498. The van der Waals surface area contributed by atoms with Crippen LogP contribution < -0.4 is 4.74 Å². The average molecular weight is 450 g/mol. The van der Waals surface area contributed by atoms with E-state index in [1.165, 1.54) is 12.1 Å². The maximum atomic E-state index is 12.3. The van der Waals surface area contributed by atoms with E-state index in [4.69, 9.17) is 9.47 Å². The first-order valence-electron chi connectivity index (χ1n) is 10.5. The zero-order chi connectivity index (χ0) is 23.5. The van der Waals surface area contributed by atoms with E-state index < -0.39 is 10.9 Å². The van der Waals surface area contributed by atoms with Gasteiger partial charge in [-0.3, -0.25) is 10.1 Å². The molecule has 5 rings (SSSR count). The number of fused-ring (bicyclic) bond motifs is 1. The molecule has 0 aromatic heterocycles. The van der Waals surface area contributed by atoms with Crippen molar-refractivity contribution in [3.05, 3.63) is 123 Å². The summed E-state index contributed by atoms with van der Waals surface area (Å²) in [5, 5.41) is 12.9. The molecule has 0 saturated heterocycles. The van der Waals surface area contributed by atoms with Crippen LogP contribution in [-0.4, -0.2) is 16.8 Å². The summed E-state index contributed by atoms with van der Waals surface area (Å²) >= 11 is 0. The third kappa shape index (κ3) is 4.54. The Hall–Kier alpha value is -4.78. The summed E-state index contributed by atoms with van der Waals surface area (Å²) in [6.07, 6.45) is 1.66. The van der Waals surface area contributed by atoms with E-state index in [2.05, 4.69) is 4.99 Å². The number of esters is 1. The van der Waals surface area contributed by atoms with Gasteiger partial charge in [-0.25, -0.2) is 9.79 Å². The highest BCUT2D eigenvalue weighted by Gasteiger charge is 2.24. The Morgan fingerprint density at radius 1 is 0.912 bits per heavy atom. The Bertz CT molecular complexity index is 1450. The smallest absolute Gasteiger partial charge is 0.363 e. The molecule has 1 aliphatic heterocycles. The predicted molar refractivity (Wildman–Crippen MR) is 128 cm³/mol. The third-order valence-electron chi connectivity index (χ3n) is 5.35. The fourth-order valence-corrected chi connectivity index (χ4v) is 3.55. The molecule has 7 heteroatoms. The molecule has 7 nitrogen and oxygen atoms in total. The van der Waals surface area contributed by atoms with Crippen LogP contribution in [-0.2, 0) is 16.1 Å². The van der Waals surface area contributed by atoms with Crippen LogP contribution in [0.15, 0.2) is 102 Å². The van der Waals surface area contributed by atoms with Gasteiger partial charge in [0.25, 0.3) is 5.69 Å². The van der Waals surface area contributed by atoms with Gasteiger partial charge in [0.05, 0.1) is 4.92 Å². The van der Waals surface area contributed by atoms with Gasteiger partial charge in [-0.15, -0.1) is 0 Å². The number of hydrogen-bond donors (Lipinski definition) is 0. The molecule has 0 atom stereocenters. The molecule has 1 aliphatic rings. The number of aliphatic imine (C=N–C) groups is 1. The minimum absolute atomic E-state index is 0.0398. The Labute approximate surface area is 194 Å². The van der Waals surface area contributed by atoms with Crippen molar-refractivity contribution >= 4 is 34.4 Å². The number of cyclic esters (lactones) is 1. The quantitative estimate of drug-likeness (QED) is 0.163. The van der Waals surface area contributed by atoms with E-state index in [0.29, 0.717) is 5.75 Å². The van der Waals surface area contributed by atoms with Crippen molar-refractivity contribution in [1.82, 2.24) is 0 Å². The molecule has 0 fully saturated rings. The van der Waals surface area contributed by atoms with Crippen LogP contribution in [0, 0.1) is 10.1 Å². The third-order valence-corrected chi connectivity index (χ3v) is 5.35. The van der Waals surface area contributed by atoms with Crippen molar-refractivity contribution in [2.24, 2.45) is 4.99 Å². The molecule has 0 saturated carbocycles. The Kier molecular flexibility index (Phi) is 5.58. The average Bonchev–Trinajstić information content (AvgIpc) is 3.23. The first kappa shape index (κ1) is 21.1. The lowest BCUT2D eigenvalue weighted by atomic mass is 10.1. The molecular weight excluding hydrogens is 432 g/mol. The van der Waals surface area contributed by atoms with Crippen LogP contribution >= 0.6 is 0 Å². The summed E-state index contributed by atoms with van der Waals surface area (Å²) in [5.41, 5.74) is 2.60. The summed E-state index contributed by atoms with van der Waals surface area (Å²) in [6.45, 7) is 0.282. The lowest BCUT2D eigenvalue weighted by Crippen LogP contribution is -2.05. The number of benzene rings is 4. The molecule has 34 heavy (non-hydrogen) atoms. The maximum absolute atomic E-state index is 12.3. The molecule has 0 spiro atoms. The molecule has 0 unspecified atom stereocenters. The Balaban J connectivity index is 1.27. The maximum Gasteiger partial charge on any atom is 0.363 e. The van der Waals surface area contributed by atoms with E-state index in [-0.39, 0.29) is 23.9 Å². The molecule has 166 valence electrons. The number of nitro benzene ring substituents is 1. The number of carbonyl (C=O) groups is 1. The zero-order valence-electron chi connectivity index (χ0n) is 17.9. The van der Waals surface area contributed by atoms with Gasteiger partial charge in [-0.1, -0.05) is 42.5 Å². The molecule has 0 aliphatic carbocycles. The topological polar surface area (TPSA) is 91.0 Å². The van der Waals surface area contributed by atoms with Gasteiger partial charge in [0.2, 0.25) is 5.90 Å². The van der Waals surface area contributed by atoms with Crippen molar-refractivity contribution < 1.29 is 19.2 Å². The number of hydrogen-bond acceptors (Lipinski definition) is 6. The van der Waals surface area contributed by atoms with Crippen molar-refractivity contribution in [1.29, 1.82) is 0 Å². The van der Waals surface area contributed by atoms with Crippen molar-refractivity contribution in [2.45, 2.75) is 6.61 Å². The number of ether oxygens (including phenoxy) is 2. The molecule has 4 aromatic rings. The normalized spacial score (nSPS) is 14.2. The Morgan fingerprint density at radius 3 is 2.38 bits per heavy atom. The van der Waals surface area contributed by atoms with E-state index in [1.807, 2.05) is 54.6 Å². The molecule has 4 aromatic carbocycles. The van der Waals surface area contributed by atoms with Crippen LogP contribution in [0.1, 0.15) is 16.7 Å². The standard InChI is InChI=1S/C27H18N2O5/c30-27-25(28-26(34-27)22-10-9-20-3-1-2-4-21(20)16-22)15-18-7-13-24(14-8-18)33-17-19-5-11-23(12-6-19)29(31)32/h1-16H,17H2/b25-15-. The molecule has 0 N–H and O–H groups in total. The number of non-ortho nitro benzene ring substituents is 1. The lowest BCUT2D eigenvalue weighted by Gasteiger charge is -2.06. The molecular formula is C27H18N2O5. The molecule has 0 radical (unpaired) electrons. The van der Waals surface area contributed by atoms with E-state index >= 15 is 0 Å². The highest BCUT2D eigenvalue weighted by molar-refractivity contribution is 6.13. The van der Waals surface area contributed by atoms with E-state index in [9.17, 15) is 14.9 Å². The van der Waals surface area contributed by atoms with Gasteiger partial charge in [0.15, 0.2) is 5.70 Å². The fourth-order valence-electron chi connectivity index (χ4n) is 3.55. The van der Waals surface area contributed by atoms with Gasteiger partial charge in [-0.05, 0) is 64.4 Å². The highest BCUT2D eigenvalue weighted by Crippen LogP contribution is 2.23. The largest absolute Gasteiger partial charge is 0.489 e. The summed E-state index contributed by atoms with van der Waals surface area (Å²) in [6, 6.07) is 27.2. The summed E-state index contributed by atoms with van der Waals surface area (Å²) in [4.78, 5) is 27.0. The van der Waals surface area contributed by atoms with Crippen LogP contribution in [0.3, 0.4) is 0 Å². The van der Waals surface area contributed by atoms with E-state index in [1.54, 1.807) is 30.3 Å². The second kappa shape index (κ2) is 8.99. The summed E-state index contributed by atoms with van der Waals surface area (Å²) < 4.78 is 11.1. The predicted octanol–water partition coefficient (Wildman–Crippen LogP) is 5.67. The zero-order valence-corrected chi connectivity index (χ0v) is 17.9. The Morgan fingerprint density at radius 2 is 1.65 bits per heavy atom. The van der Waals surface area contributed by atoms with Crippen LogP contribution in [0.4, 0.5) is 5.69 Å². The second-order valence-electron chi connectivity index (χ2n) is 7.68. The number of carbonyl (C=O) groups excluding carboxylic acids is 1.